The number of hydrogen-bond acceptors (Lipinski definition) is 4. The number of halogens is 1. The van der Waals surface area contributed by atoms with Crippen LogP contribution in [0.5, 0.6) is 0 Å². The monoisotopic (exact) mass is 346 g/mol. The minimum absolute atomic E-state index is 0.379. The third-order valence-electron chi connectivity index (χ3n) is 3.37. The summed E-state index contributed by atoms with van der Waals surface area (Å²) in [5, 5.41) is 0. The summed E-state index contributed by atoms with van der Waals surface area (Å²) in [5.74, 6) is 0. The van der Waals surface area contributed by atoms with E-state index in [9.17, 15) is 0 Å². The number of pyridine rings is 1. The minimum atomic E-state index is -0.379. The van der Waals surface area contributed by atoms with Crippen LogP contribution < -0.4 is 10.5 Å². The second-order valence-electron chi connectivity index (χ2n) is 4.80. The molecule has 2 heterocycles. The van der Waals surface area contributed by atoms with Crippen molar-refractivity contribution in [2.45, 2.75) is 0 Å². The zero-order valence-electron chi connectivity index (χ0n) is 11.6. The van der Waals surface area contributed by atoms with Gasteiger partial charge in [-0.1, -0.05) is 18.2 Å². The molecule has 0 spiro atoms. The molecule has 0 atom stereocenters. The molecule has 21 heavy (non-hydrogen) atoms. The van der Waals surface area contributed by atoms with Crippen LogP contribution in [0.4, 0.5) is 5.69 Å². The molecular formula is C15H16BBrN2O2. The van der Waals surface area contributed by atoms with E-state index in [1.165, 1.54) is 5.69 Å². The topological polar surface area (TPSA) is 34.6 Å². The molecule has 1 aromatic carbocycles. The van der Waals surface area contributed by atoms with Crippen molar-refractivity contribution in [1.29, 1.82) is 0 Å². The third-order valence-corrected chi connectivity index (χ3v) is 3.84. The molecule has 0 radical (unpaired) electrons. The van der Waals surface area contributed by atoms with E-state index in [-0.39, 0.29) is 7.12 Å². The van der Waals surface area contributed by atoms with E-state index < -0.39 is 0 Å². The molecule has 0 amide bonds. The first kappa shape index (κ1) is 14.6. The number of para-hydroxylation sites is 1. The Kier molecular flexibility index (Phi) is 4.90. The van der Waals surface area contributed by atoms with Crippen molar-refractivity contribution >= 4 is 34.3 Å². The second kappa shape index (κ2) is 7.07. The lowest BCUT2D eigenvalue weighted by Gasteiger charge is -2.28. The Morgan fingerprint density at radius 1 is 1.00 bits per heavy atom. The Bertz CT molecular complexity index is 558. The Morgan fingerprint density at radius 2 is 1.71 bits per heavy atom. The largest absolute Gasteiger partial charge is 0.513 e. The maximum atomic E-state index is 5.82. The summed E-state index contributed by atoms with van der Waals surface area (Å²) in [6.07, 6.45) is 1.76. The first-order chi connectivity index (χ1) is 10.3. The predicted molar refractivity (Wildman–Crippen MR) is 87.9 cm³/mol. The number of aromatic nitrogens is 1. The average Bonchev–Trinajstić information content (AvgIpc) is 2.49. The van der Waals surface area contributed by atoms with Crippen molar-refractivity contribution in [3.05, 3.63) is 53.1 Å². The molecule has 0 unspecified atom stereocenters. The molecule has 4 nitrogen and oxygen atoms in total. The van der Waals surface area contributed by atoms with Gasteiger partial charge in [-0.15, -0.1) is 0 Å². The van der Waals surface area contributed by atoms with Crippen molar-refractivity contribution in [3.8, 4) is 0 Å². The van der Waals surface area contributed by atoms with Crippen LogP contribution in [-0.4, -0.2) is 38.4 Å². The summed E-state index contributed by atoms with van der Waals surface area (Å²) < 4.78 is 12.6. The van der Waals surface area contributed by atoms with Crippen molar-refractivity contribution in [3.63, 3.8) is 0 Å². The van der Waals surface area contributed by atoms with Crippen LogP contribution >= 0.6 is 15.9 Å². The normalized spacial score (nSPS) is 16.4. The van der Waals surface area contributed by atoms with Crippen LogP contribution in [0, 0.1) is 0 Å². The first-order valence-electron chi connectivity index (χ1n) is 6.97. The molecule has 2 aromatic rings. The van der Waals surface area contributed by atoms with Gasteiger partial charge < -0.3 is 14.2 Å². The lowest BCUT2D eigenvalue weighted by molar-refractivity contribution is 0.197. The van der Waals surface area contributed by atoms with Gasteiger partial charge >= 0.3 is 7.12 Å². The number of anilines is 1. The highest BCUT2D eigenvalue weighted by molar-refractivity contribution is 9.10. The Morgan fingerprint density at radius 3 is 2.33 bits per heavy atom. The second-order valence-corrected chi connectivity index (χ2v) is 5.71. The lowest BCUT2D eigenvalue weighted by Crippen LogP contribution is -2.45. The van der Waals surface area contributed by atoms with Gasteiger partial charge in [0.15, 0.2) is 0 Å². The van der Waals surface area contributed by atoms with Gasteiger partial charge in [0.2, 0.25) is 0 Å². The molecule has 0 saturated carbocycles. The summed E-state index contributed by atoms with van der Waals surface area (Å²) in [5.41, 5.74) is 2.01. The molecule has 1 aliphatic heterocycles. The van der Waals surface area contributed by atoms with Gasteiger partial charge in [-0.05, 0) is 40.2 Å². The molecule has 1 fully saturated rings. The number of nitrogens with zero attached hydrogens (tertiary/aromatic N) is 2. The Hall–Kier alpha value is -1.37. The van der Waals surface area contributed by atoms with Gasteiger partial charge in [-0.25, -0.2) is 0 Å². The van der Waals surface area contributed by atoms with E-state index in [1.807, 2.05) is 30.3 Å². The van der Waals surface area contributed by atoms with Crippen LogP contribution in [-0.2, 0) is 9.31 Å². The van der Waals surface area contributed by atoms with E-state index >= 15 is 0 Å². The summed E-state index contributed by atoms with van der Waals surface area (Å²) in [4.78, 5) is 6.61. The fraction of sp³-hybridized carbons (Fsp3) is 0.267. The van der Waals surface area contributed by atoms with Crippen molar-refractivity contribution in [1.82, 2.24) is 4.98 Å². The Balaban J connectivity index is 1.62. The molecule has 1 aromatic heterocycles. The molecule has 1 saturated heterocycles. The summed E-state index contributed by atoms with van der Waals surface area (Å²) in [7, 11) is -0.379. The van der Waals surface area contributed by atoms with Gasteiger partial charge in [0.1, 0.15) is 0 Å². The third kappa shape index (κ3) is 3.84. The van der Waals surface area contributed by atoms with Crippen LogP contribution in [0.1, 0.15) is 0 Å². The molecule has 6 heteroatoms. The molecule has 108 valence electrons. The SMILES string of the molecule is Brc1ccc(B2OCCN(c3ccccc3)CCO2)nc1. The lowest BCUT2D eigenvalue weighted by atomic mass is 9.83. The van der Waals surface area contributed by atoms with E-state index in [0.29, 0.717) is 13.2 Å². The molecule has 1 aliphatic rings. The summed E-state index contributed by atoms with van der Waals surface area (Å²) in [6, 6.07) is 14.2. The molecule has 0 aliphatic carbocycles. The summed E-state index contributed by atoms with van der Waals surface area (Å²) >= 11 is 3.38. The zero-order valence-corrected chi connectivity index (χ0v) is 13.2. The van der Waals surface area contributed by atoms with Crippen LogP contribution in [0.3, 0.4) is 0 Å². The van der Waals surface area contributed by atoms with Crippen LogP contribution in [0.2, 0.25) is 0 Å². The maximum absolute atomic E-state index is 5.82. The van der Waals surface area contributed by atoms with Crippen LogP contribution in [0.25, 0.3) is 0 Å². The number of rotatable bonds is 2. The van der Waals surface area contributed by atoms with Crippen LogP contribution in [0.15, 0.2) is 53.1 Å². The smallest absolute Gasteiger partial charge is 0.404 e. The quantitative estimate of drug-likeness (QED) is 0.780. The average molecular weight is 347 g/mol. The molecule has 0 N–H and O–H groups in total. The molecular weight excluding hydrogens is 331 g/mol. The fourth-order valence-electron chi connectivity index (χ4n) is 2.29. The van der Waals surface area contributed by atoms with Gasteiger partial charge in [0.25, 0.3) is 0 Å². The highest BCUT2D eigenvalue weighted by Crippen LogP contribution is 2.14. The van der Waals surface area contributed by atoms with E-state index in [2.05, 4.69) is 37.9 Å². The van der Waals surface area contributed by atoms with Gasteiger partial charge in [0, 0.05) is 42.7 Å². The van der Waals surface area contributed by atoms with Crippen molar-refractivity contribution in [2.24, 2.45) is 0 Å². The number of hydrogen-bond donors (Lipinski definition) is 0. The minimum Gasteiger partial charge on any atom is -0.404 e. The highest BCUT2D eigenvalue weighted by atomic mass is 79.9. The van der Waals surface area contributed by atoms with Crippen molar-refractivity contribution < 1.29 is 9.31 Å². The zero-order chi connectivity index (χ0) is 14.5. The predicted octanol–water partition coefficient (Wildman–Crippen LogP) is 2.09. The van der Waals surface area contributed by atoms with E-state index in [0.717, 1.165) is 23.2 Å². The Labute approximate surface area is 133 Å². The molecule has 3 rings (SSSR count). The van der Waals surface area contributed by atoms with Gasteiger partial charge in [0.05, 0.1) is 5.59 Å². The highest BCUT2D eigenvalue weighted by Gasteiger charge is 2.25. The standard InChI is InChI=1S/C15H16BBrN2O2/c17-13-6-7-15(18-12-13)16-20-10-8-19(9-11-21-16)14-4-2-1-3-5-14/h1-7,12H,8-11H2. The van der Waals surface area contributed by atoms with Gasteiger partial charge in [-0.2, -0.15) is 0 Å². The maximum Gasteiger partial charge on any atom is 0.513 e. The number of benzene rings is 1. The fourth-order valence-corrected chi connectivity index (χ4v) is 2.53. The van der Waals surface area contributed by atoms with Crippen molar-refractivity contribution in [2.75, 3.05) is 31.2 Å². The summed E-state index contributed by atoms with van der Waals surface area (Å²) in [6.45, 7) is 2.91. The first-order valence-corrected chi connectivity index (χ1v) is 7.77. The molecule has 0 bridgehead atoms. The van der Waals surface area contributed by atoms with E-state index in [4.69, 9.17) is 9.31 Å². The van der Waals surface area contributed by atoms with E-state index in [1.54, 1.807) is 6.20 Å². The van der Waals surface area contributed by atoms with Gasteiger partial charge in [-0.3, -0.25) is 4.98 Å².